The van der Waals surface area contributed by atoms with Gasteiger partial charge in [0.25, 0.3) is 0 Å². The number of pyridine rings is 1. The third-order valence-electron chi connectivity index (χ3n) is 3.04. The third kappa shape index (κ3) is 1.95. The standard InChI is InChI=1S/C13H11N3O2/c17-13(18)9-7-8(9)12-15-6-4-11(16-12)10-3-1-2-5-14-10/h1-6,8-9H,7H2,(H,17,18). The molecule has 1 fully saturated rings. The molecule has 5 heteroatoms. The number of carbonyl (C=O) groups is 1. The molecule has 1 N–H and O–H groups in total. The van der Waals surface area contributed by atoms with E-state index in [4.69, 9.17) is 5.11 Å². The fourth-order valence-electron chi connectivity index (χ4n) is 1.96. The van der Waals surface area contributed by atoms with Crippen molar-refractivity contribution in [1.29, 1.82) is 0 Å². The summed E-state index contributed by atoms with van der Waals surface area (Å²) in [7, 11) is 0. The molecule has 5 nitrogen and oxygen atoms in total. The molecule has 1 saturated carbocycles. The summed E-state index contributed by atoms with van der Waals surface area (Å²) in [4.78, 5) is 23.6. The normalized spacial score (nSPS) is 21.6. The number of carboxylic acid groups (broad SMARTS) is 1. The Morgan fingerprint density at radius 1 is 1.17 bits per heavy atom. The molecule has 3 rings (SSSR count). The molecule has 2 aromatic rings. The molecule has 18 heavy (non-hydrogen) atoms. The second kappa shape index (κ2) is 4.18. The predicted octanol–water partition coefficient (Wildman–Crippen LogP) is 1.73. The third-order valence-corrected chi connectivity index (χ3v) is 3.04. The fourth-order valence-corrected chi connectivity index (χ4v) is 1.96. The van der Waals surface area contributed by atoms with Crippen LogP contribution in [0.15, 0.2) is 36.7 Å². The Morgan fingerprint density at radius 3 is 2.72 bits per heavy atom. The van der Waals surface area contributed by atoms with Gasteiger partial charge >= 0.3 is 5.97 Å². The molecule has 0 amide bonds. The number of hydrogen-bond acceptors (Lipinski definition) is 4. The fraction of sp³-hybridized carbons (Fsp3) is 0.231. The molecule has 0 saturated heterocycles. The second-order valence-electron chi connectivity index (χ2n) is 4.30. The van der Waals surface area contributed by atoms with E-state index in [2.05, 4.69) is 15.0 Å². The summed E-state index contributed by atoms with van der Waals surface area (Å²) in [5.74, 6) is -0.549. The van der Waals surface area contributed by atoms with E-state index in [-0.39, 0.29) is 11.8 Å². The van der Waals surface area contributed by atoms with Crippen molar-refractivity contribution >= 4 is 5.97 Å². The lowest BCUT2D eigenvalue weighted by Gasteiger charge is -2.02. The summed E-state index contributed by atoms with van der Waals surface area (Å²) < 4.78 is 0. The van der Waals surface area contributed by atoms with Crippen LogP contribution >= 0.6 is 0 Å². The molecule has 0 aromatic carbocycles. The molecule has 0 aliphatic heterocycles. The topological polar surface area (TPSA) is 76.0 Å². The highest BCUT2D eigenvalue weighted by Gasteiger charge is 2.46. The monoisotopic (exact) mass is 241 g/mol. The van der Waals surface area contributed by atoms with Crippen molar-refractivity contribution in [2.24, 2.45) is 5.92 Å². The average molecular weight is 241 g/mol. The zero-order valence-electron chi connectivity index (χ0n) is 9.52. The van der Waals surface area contributed by atoms with E-state index in [0.717, 1.165) is 11.4 Å². The van der Waals surface area contributed by atoms with Crippen LogP contribution in [-0.4, -0.2) is 26.0 Å². The molecular formula is C13H11N3O2. The maximum Gasteiger partial charge on any atom is 0.307 e. The summed E-state index contributed by atoms with van der Waals surface area (Å²) in [5.41, 5.74) is 1.50. The summed E-state index contributed by atoms with van der Waals surface area (Å²) in [6.07, 6.45) is 3.98. The van der Waals surface area contributed by atoms with E-state index >= 15 is 0 Å². The van der Waals surface area contributed by atoms with Gasteiger partial charge in [0.1, 0.15) is 5.82 Å². The van der Waals surface area contributed by atoms with Crippen molar-refractivity contribution < 1.29 is 9.90 Å². The highest BCUT2D eigenvalue weighted by Crippen LogP contribution is 2.46. The van der Waals surface area contributed by atoms with Gasteiger partial charge in [-0.3, -0.25) is 9.78 Å². The van der Waals surface area contributed by atoms with E-state index in [1.807, 2.05) is 18.2 Å². The minimum atomic E-state index is -0.771. The molecular weight excluding hydrogens is 230 g/mol. The number of nitrogens with zero attached hydrogens (tertiary/aromatic N) is 3. The van der Waals surface area contributed by atoms with Crippen LogP contribution in [0.3, 0.4) is 0 Å². The van der Waals surface area contributed by atoms with Crippen LogP contribution in [0.4, 0.5) is 0 Å². The molecule has 90 valence electrons. The van der Waals surface area contributed by atoms with Crippen molar-refractivity contribution in [3.05, 3.63) is 42.5 Å². The van der Waals surface area contributed by atoms with Gasteiger partial charge in [-0.15, -0.1) is 0 Å². The molecule has 2 atom stereocenters. The van der Waals surface area contributed by atoms with Gasteiger partial charge in [-0.1, -0.05) is 6.07 Å². The molecule has 2 unspecified atom stereocenters. The molecule has 2 heterocycles. The Kier molecular flexibility index (Phi) is 2.51. The Bertz CT molecular complexity index is 586. The van der Waals surface area contributed by atoms with Crippen LogP contribution in [-0.2, 0) is 4.79 Å². The van der Waals surface area contributed by atoms with E-state index in [0.29, 0.717) is 12.2 Å². The minimum Gasteiger partial charge on any atom is -0.481 e. The van der Waals surface area contributed by atoms with E-state index in [1.54, 1.807) is 18.5 Å². The van der Waals surface area contributed by atoms with Crippen LogP contribution in [0.25, 0.3) is 11.4 Å². The lowest BCUT2D eigenvalue weighted by Crippen LogP contribution is -2.02. The largest absolute Gasteiger partial charge is 0.481 e. The molecule has 0 spiro atoms. The molecule has 1 aliphatic rings. The first kappa shape index (κ1) is 10.8. The predicted molar refractivity (Wildman–Crippen MR) is 63.7 cm³/mol. The number of hydrogen-bond donors (Lipinski definition) is 1. The van der Waals surface area contributed by atoms with Gasteiger partial charge in [0, 0.05) is 18.3 Å². The van der Waals surface area contributed by atoms with E-state index in [9.17, 15) is 4.79 Å². The minimum absolute atomic E-state index is 0.0498. The first-order chi connectivity index (χ1) is 8.75. The summed E-state index contributed by atoms with van der Waals surface area (Å²) in [5, 5.41) is 8.90. The van der Waals surface area contributed by atoms with Crippen LogP contribution in [0.2, 0.25) is 0 Å². The van der Waals surface area contributed by atoms with Crippen LogP contribution in [0, 0.1) is 5.92 Å². The summed E-state index contributed by atoms with van der Waals surface area (Å²) in [6, 6.07) is 7.38. The lowest BCUT2D eigenvalue weighted by molar-refractivity contribution is -0.138. The van der Waals surface area contributed by atoms with Crippen LogP contribution < -0.4 is 0 Å². The van der Waals surface area contributed by atoms with Gasteiger partial charge in [0.05, 0.1) is 17.3 Å². The first-order valence-corrected chi connectivity index (χ1v) is 5.73. The number of carboxylic acids is 1. The quantitative estimate of drug-likeness (QED) is 0.885. The van der Waals surface area contributed by atoms with Crippen molar-refractivity contribution in [3.63, 3.8) is 0 Å². The smallest absolute Gasteiger partial charge is 0.307 e. The van der Waals surface area contributed by atoms with Gasteiger partial charge in [-0.2, -0.15) is 0 Å². The van der Waals surface area contributed by atoms with E-state index in [1.165, 1.54) is 0 Å². The van der Waals surface area contributed by atoms with Crippen LogP contribution in [0.1, 0.15) is 18.2 Å². The summed E-state index contributed by atoms with van der Waals surface area (Å²) in [6.45, 7) is 0. The first-order valence-electron chi connectivity index (χ1n) is 5.73. The Labute approximate surface area is 104 Å². The zero-order chi connectivity index (χ0) is 12.5. The van der Waals surface area contributed by atoms with Crippen molar-refractivity contribution in [2.75, 3.05) is 0 Å². The van der Waals surface area contributed by atoms with Gasteiger partial charge in [-0.25, -0.2) is 9.97 Å². The van der Waals surface area contributed by atoms with Crippen molar-refractivity contribution in [2.45, 2.75) is 12.3 Å². The Hall–Kier alpha value is -2.30. The SMILES string of the molecule is O=C(O)C1CC1c1nccc(-c2ccccn2)n1. The summed E-state index contributed by atoms with van der Waals surface area (Å²) >= 11 is 0. The zero-order valence-corrected chi connectivity index (χ0v) is 9.52. The van der Waals surface area contributed by atoms with E-state index < -0.39 is 5.97 Å². The number of rotatable bonds is 3. The highest BCUT2D eigenvalue weighted by atomic mass is 16.4. The molecule has 2 aromatic heterocycles. The van der Waals surface area contributed by atoms with Gasteiger partial charge in [0.2, 0.25) is 0 Å². The molecule has 1 aliphatic carbocycles. The number of aromatic nitrogens is 3. The van der Waals surface area contributed by atoms with Crippen molar-refractivity contribution in [1.82, 2.24) is 15.0 Å². The maximum absolute atomic E-state index is 10.8. The average Bonchev–Trinajstić information content (AvgIpc) is 3.20. The Balaban J connectivity index is 1.89. The number of aliphatic carboxylic acids is 1. The molecule has 0 bridgehead atoms. The lowest BCUT2D eigenvalue weighted by atomic mass is 10.2. The van der Waals surface area contributed by atoms with Crippen LogP contribution in [0.5, 0.6) is 0 Å². The molecule has 0 radical (unpaired) electrons. The second-order valence-corrected chi connectivity index (χ2v) is 4.30. The van der Waals surface area contributed by atoms with Gasteiger partial charge in [-0.05, 0) is 24.6 Å². The highest BCUT2D eigenvalue weighted by molar-refractivity contribution is 5.74. The van der Waals surface area contributed by atoms with Gasteiger partial charge in [0.15, 0.2) is 0 Å². The maximum atomic E-state index is 10.8. The Morgan fingerprint density at radius 2 is 2.06 bits per heavy atom. The van der Waals surface area contributed by atoms with Crippen molar-refractivity contribution in [3.8, 4) is 11.4 Å². The van der Waals surface area contributed by atoms with Gasteiger partial charge < -0.3 is 5.11 Å².